The molecule has 1 saturated heterocycles. The van der Waals surface area contributed by atoms with E-state index < -0.39 is 0 Å². The monoisotopic (exact) mass is 295 g/mol. The number of H-pyrrole nitrogens is 1. The highest BCUT2D eigenvalue weighted by Crippen LogP contribution is 2.20. The fourth-order valence-electron chi connectivity index (χ4n) is 4.07. The Morgan fingerprint density at radius 2 is 1.73 bits per heavy atom. The minimum absolute atomic E-state index is 0.816. The summed E-state index contributed by atoms with van der Waals surface area (Å²) in [5.74, 6) is 1.26. The zero-order valence-corrected chi connectivity index (χ0v) is 13.1. The highest BCUT2D eigenvalue weighted by Gasteiger charge is 2.32. The first kappa shape index (κ1) is 13.8. The van der Waals surface area contributed by atoms with E-state index >= 15 is 0 Å². The minimum Gasteiger partial charge on any atom is -0.326 e. The predicted molar refractivity (Wildman–Crippen MR) is 88.2 cm³/mol. The molecular formula is C19H25N3+2. The molecule has 0 spiro atoms. The molecule has 2 N–H and O–H groups in total. The van der Waals surface area contributed by atoms with Gasteiger partial charge < -0.3 is 4.90 Å². The molecule has 2 heterocycles. The summed E-state index contributed by atoms with van der Waals surface area (Å²) < 4.78 is 0. The van der Waals surface area contributed by atoms with Crippen LogP contribution in [-0.2, 0) is 12.8 Å². The number of aryl methyl sites for hydroxylation is 1. The number of piperazine rings is 1. The van der Waals surface area contributed by atoms with Gasteiger partial charge in [-0.15, -0.1) is 0 Å². The Hall–Kier alpha value is -1.87. The maximum atomic E-state index is 3.36. The molecule has 0 saturated carbocycles. The lowest BCUT2D eigenvalue weighted by Crippen LogP contribution is -3.18. The molecule has 1 atom stereocenters. The van der Waals surface area contributed by atoms with Gasteiger partial charge in [-0.1, -0.05) is 30.3 Å². The number of anilines is 1. The smallest absolute Gasteiger partial charge is 0.274 e. The van der Waals surface area contributed by atoms with Gasteiger partial charge in [-0.25, -0.2) is 4.98 Å². The Kier molecular flexibility index (Phi) is 3.81. The summed E-state index contributed by atoms with van der Waals surface area (Å²) >= 11 is 0. The van der Waals surface area contributed by atoms with Crippen molar-refractivity contribution in [3.8, 4) is 0 Å². The van der Waals surface area contributed by atoms with Crippen LogP contribution in [0.25, 0.3) is 0 Å². The summed E-state index contributed by atoms with van der Waals surface area (Å²) in [7, 11) is 0. The summed E-state index contributed by atoms with van der Waals surface area (Å²) in [4.78, 5) is 7.66. The Morgan fingerprint density at radius 3 is 2.50 bits per heavy atom. The van der Waals surface area contributed by atoms with Crippen LogP contribution in [-0.4, -0.2) is 32.2 Å². The molecule has 114 valence electrons. The van der Waals surface area contributed by atoms with Crippen molar-refractivity contribution in [1.29, 1.82) is 0 Å². The lowest BCUT2D eigenvalue weighted by molar-refractivity contribution is -0.926. The highest BCUT2D eigenvalue weighted by atomic mass is 15.3. The predicted octanol–water partition coefficient (Wildman–Crippen LogP) is 0.763. The van der Waals surface area contributed by atoms with Crippen molar-refractivity contribution in [2.45, 2.75) is 25.3 Å². The van der Waals surface area contributed by atoms with Gasteiger partial charge in [0.25, 0.3) is 5.82 Å². The van der Waals surface area contributed by atoms with Crippen molar-refractivity contribution in [3.05, 3.63) is 59.8 Å². The quantitative estimate of drug-likeness (QED) is 0.868. The molecule has 22 heavy (non-hydrogen) atoms. The second kappa shape index (κ2) is 6.09. The third-order valence-electron chi connectivity index (χ3n) is 5.36. The number of aromatic nitrogens is 1. The fraction of sp³-hybridized carbons (Fsp3) is 0.421. The van der Waals surface area contributed by atoms with Crippen LogP contribution in [0.2, 0.25) is 0 Å². The summed E-state index contributed by atoms with van der Waals surface area (Å²) in [6, 6.07) is 16.2. The number of hydrogen-bond donors (Lipinski definition) is 1. The van der Waals surface area contributed by atoms with Crippen LogP contribution in [0.4, 0.5) is 5.82 Å². The number of fused-ring (bicyclic) bond motifs is 1. The molecule has 1 aliphatic carbocycles. The Labute approximate surface area is 132 Å². The maximum Gasteiger partial charge on any atom is 0.274 e. The van der Waals surface area contributed by atoms with E-state index in [1.54, 1.807) is 11.1 Å². The van der Waals surface area contributed by atoms with Crippen molar-refractivity contribution < 1.29 is 9.88 Å². The Bertz CT molecular complexity index is 618. The van der Waals surface area contributed by atoms with E-state index in [1.807, 2.05) is 17.2 Å². The van der Waals surface area contributed by atoms with Gasteiger partial charge in [0.05, 0.1) is 12.2 Å². The summed E-state index contributed by atoms with van der Waals surface area (Å²) in [6.45, 7) is 4.84. The van der Waals surface area contributed by atoms with Crippen molar-refractivity contribution in [2.24, 2.45) is 0 Å². The third-order valence-corrected chi connectivity index (χ3v) is 5.36. The number of aromatic amines is 1. The van der Waals surface area contributed by atoms with Crippen LogP contribution >= 0.6 is 0 Å². The molecule has 3 heteroatoms. The molecule has 0 unspecified atom stereocenters. The van der Waals surface area contributed by atoms with E-state index in [2.05, 4.69) is 46.3 Å². The van der Waals surface area contributed by atoms with Crippen molar-refractivity contribution in [1.82, 2.24) is 0 Å². The molecule has 0 bridgehead atoms. The van der Waals surface area contributed by atoms with E-state index in [4.69, 9.17) is 0 Å². The molecule has 2 aliphatic rings. The molecule has 1 aliphatic heterocycles. The first-order valence-electron chi connectivity index (χ1n) is 8.53. The van der Waals surface area contributed by atoms with Gasteiger partial charge in [0, 0.05) is 18.9 Å². The molecule has 1 aromatic heterocycles. The molecule has 0 radical (unpaired) electrons. The molecule has 2 aromatic rings. The molecule has 0 amide bonds. The fourth-order valence-corrected chi connectivity index (χ4v) is 4.07. The molecule has 1 aromatic carbocycles. The van der Waals surface area contributed by atoms with Gasteiger partial charge in [-0.05, 0) is 23.6 Å². The van der Waals surface area contributed by atoms with E-state index in [1.165, 1.54) is 38.2 Å². The van der Waals surface area contributed by atoms with Gasteiger partial charge in [-0.2, -0.15) is 0 Å². The number of benzene rings is 1. The lowest BCUT2D eigenvalue weighted by atomic mass is 9.87. The molecule has 1 fully saturated rings. The minimum atomic E-state index is 0.816. The number of rotatable bonds is 2. The van der Waals surface area contributed by atoms with Gasteiger partial charge >= 0.3 is 0 Å². The number of hydrogen-bond acceptors (Lipinski definition) is 1. The zero-order chi connectivity index (χ0) is 14.8. The Balaban J connectivity index is 1.38. The van der Waals surface area contributed by atoms with E-state index in [-0.39, 0.29) is 0 Å². The molecule has 3 nitrogen and oxygen atoms in total. The van der Waals surface area contributed by atoms with Gasteiger partial charge in [0.1, 0.15) is 26.2 Å². The number of pyridine rings is 1. The first-order chi connectivity index (χ1) is 10.9. The van der Waals surface area contributed by atoms with Crippen LogP contribution in [0.3, 0.4) is 0 Å². The highest BCUT2D eigenvalue weighted by molar-refractivity contribution is 5.32. The van der Waals surface area contributed by atoms with E-state index in [0.717, 1.165) is 19.1 Å². The lowest BCUT2D eigenvalue weighted by Gasteiger charge is -2.36. The van der Waals surface area contributed by atoms with Crippen LogP contribution in [0, 0.1) is 0 Å². The van der Waals surface area contributed by atoms with Crippen LogP contribution in [0.15, 0.2) is 48.7 Å². The molecule has 4 rings (SSSR count). The normalized spacial score (nSPS) is 22.4. The van der Waals surface area contributed by atoms with Crippen molar-refractivity contribution in [2.75, 3.05) is 31.1 Å². The Morgan fingerprint density at radius 1 is 0.955 bits per heavy atom. The van der Waals surface area contributed by atoms with Gasteiger partial charge in [-0.3, -0.25) is 4.90 Å². The molecular weight excluding hydrogens is 270 g/mol. The number of nitrogens with one attached hydrogen (secondary N) is 2. The zero-order valence-electron chi connectivity index (χ0n) is 13.1. The van der Waals surface area contributed by atoms with Gasteiger partial charge in [0.2, 0.25) is 0 Å². The largest absolute Gasteiger partial charge is 0.326 e. The SMILES string of the molecule is c1ccc(N2CC[NH+]([C@H]3CCc4ccccc4C3)CC2)[nH+]c1. The van der Waals surface area contributed by atoms with E-state index in [0.29, 0.717) is 0 Å². The summed E-state index contributed by atoms with van der Waals surface area (Å²) in [6.07, 6.45) is 5.90. The summed E-state index contributed by atoms with van der Waals surface area (Å²) in [5.41, 5.74) is 3.17. The third kappa shape index (κ3) is 2.73. The van der Waals surface area contributed by atoms with E-state index in [9.17, 15) is 0 Å². The standard InChI is InChI=1S/C19H23N3/c1-2-6-17-15-18(9-8-16(17)5-1)21-11-13-22(14-12-21)19-7-3-4-10-20-19/h1-7,10,18H,8-9,11-15H2/p+2/t18-/m0/s1. The summed E-state index contributed by atoms with van der Waals surface area (Å²) in [5, 5.41) is 0. The van der Waals surface area contributed by atoms with Crippen LogP contribution in [0.5, 0.6) is 0 Å². The first-order valence-corrected chi connectivity index (χ1v) is 8.53. The topological polar surface area (TPSA) is 21.8 Å². The maximum absolute atomic E-state index is 3.36. The van der Waals surface area contributed by atoms with Gasteiger partial charge in [0.15, 0.2) is 0 Å². The average molecular weight is 295 g/mol. The second-order valence-corrected chi connectivity index (χ2v) is 6.60. The van der Waals surface area contributed by atoms with Crippen molar-refractivity contribution in [3.63, 3.8) is 0 Å². The van der Waals surface area contributed by atoms with Crippen LogP contribution < -0.4 is 14.8 Å². The number of quaternary nitrogens is 1. The second-order valence-electron chi connectivity index (χ2n) is 6.60. The van der Waals surface area contributed by atoms with Crippen molar-refractivity contribution >= 4 is 5.82 Å². The average Bonchev–Trinajstić information content (AvgIpc) is 2.62. The van der Waals surface area contributed by atoms with Crippen LogP contribution in [0.1, 0.15) is 17.5 Å². The number of nitrogens with zero attached hydrogens (tertiary/aromatic N) is 1.